The van der Waals surface area contributed by atoms with Crippen molar-refractivity contribution >= 4 is 5.91 Å². The maximum atomic E-state index is 12.2. The number of hydrogen-bond donors (Lipinski definition) is 0. The fourth-order valence-corrected chi connectivity index (χ4v) is 4.12. The van der Waals surface area contributed by atoms with Crippen LogP contribution in [0.1, 0.15) is 51.0 Å². The average Bonchev–Trinajstić information content (AvgIpc) is 2.60. The van der Waals surface area contributed by atoms with Crippen molar-refractivity contribution in [3.05, 3.63) is 47.5 Å². The number of hydrogen-bond acceptors (Lipinski definition) is 2. The highest BCUT2D eigenvalue weighted by Gasteiger charge is 2.31. The van der Waals surface area contributed by atoms with E-state index in [1.807, 2.05) is 11.9 Å². The Morgan fingerprint density at radius 2 is 1.92 bits per heavy atom. The van der Waals surface area contributed by atoms with Crippen molar-refractivity contribution in [2.45, 2.75) is 64.0 Å². The standard InChI is InChI=1S/C22H32N2O/c1-3-8-22(25)23(2)20-13-15-24(16-14-20)21(19-11-7-12-19)17-18-9-5-4-6-10-18/h4-6,9-11,20-21H,3,7-8,12-17H2,1-2H3. The number of rotatable bonds is 7. The smallest absolute Gasteiger partial charge is 0.222 e. The zero-order valence-corrected chi connectivity index (χ0v) is 15.8. The van der Waals surface area contributed by atoms with E-state index in [-0.39, 0.29) is 0 Å². The van der Waals surface area contributed by atoms with Crippen molar-refractivity contribution in [2.75, 3.05) is 20.1 Å². The molecule has 1 aliphatic carbocycles. The van der Waals surface area contributed by atoms with Gasteiger partial charge in [0.25, 0.3) is 0 Å². The summed E-state index contributed by atoms with van der Waals surface area (Å²) in [5.41, 5.74) is 3.05. The van der Waals surface area contributed by atoms with Crippen LogP contribution in [-0.4, -0.2) is 47.9 Å². The lowest BCUT2D eigenvalue weighted by atomic mass is 9.86. The molecular weight excluding hydrogens is 308 g/mol. The van der Waals surface area contributed by atoms with Crippen LogP contribution < -0.4 is 0 Å². The summed E-state index contributed by atoms with van der Waals surface area (Å²) in [6, 6.07) is 11.8. The highest BCUT2D eigenvalue weighted by molar-refractivity contribution is 5.76. The Bertz CT molecular complexity index is 587. The molecule has 1 aromatic carbocycles. The Kier molecular flexibility index (Phi) is 6.30. The van der Waals surface area contributed by atoms with E-state index in [9.17, 15) is 4.79 Å². The van der Waals surface area contributed by atoms with Crippen LogP contribution >= 0.6 is 0 Å². The molecule has 0 radical (unpaired) electrons. The monoisotopic (exact) mass is 340 g/mol. The van der Waals surface area contributed by atoms with Gasteiger partial charge in [-0.05, 0) is 44.1 Å². The van der Waals surface area contributed by atoms with Gasteiger partial charge < -0.3 is 4.90 Å². The van der Waals surface area contributed by atoms with Crippen LogP contribution in [0.4, 0.5) is 0 Å². The molecule has 2 aliphatic rings. The Hall–Kier alpha value is -1.61. The van der Waals surface area contributed by atoms with Crippen LogP contribution in [0.3, 0.4) is 0 Å². The Morgan fingerprint density at radius 3 is 2.48 bits per heavy atom. The number of benzene rings is 1. The van der Waals surface area contributed by atoms with Crippen LogP contribution in [0.25, 0.3) is 0 Å². The molecule has 1 unspecified atom stereocenters. The quantitative estimate of drug-likeness (QED) is 0.699. The van der Waals surface area contributed by atoms with Gasteiger partial charge in [0, 0.05) is 38.6 Å². The lowest BCUT2D eigenvalue weighted by molar-refractivity contribution is -0.132. The Labute approximate surface area is 152 Å². The molecular formula is C22H32N2O. The molecule has 1 heterocycles. The van der Waals surface area contributed by atoms with Gasteiger partial charge in [-0.15, -0.1) is 0 Å². The van der Waals surface area contributed by atoms with Crippen molar-refractivity contribution in [3.8, 4) is 0 Å². The van der Waals surface area contributed by atoms with Gasteiger partial charge in [0.15, 0.2) is 0 Å². The minimum Gasteiger partial charge on any atom is -0.343 e. The van der Waals surface area contributed by atoms with Crippen LogP contribution in [0.5, 0.6) is 0 Å². The molecule has 25 heavy (non-hydrogen) atoms. The van der Waals surface area contributed by atoms with E-state index >= 15 is 0 Å². The zero-order valence-electron chi connectivity index (χ0n) is 15.8. The lowest BCUT2D eigenvalue weighted by Crippen LogP contribution is -2.50. The van der Waals surface area contributed by atoms with E-state index < -0.39 is 0 Å². The maximum Gasteiger partial charge on any atom is 0.222 e. The number of amides is 1. The van der Waals surface area contributed by atoms with E-state index in [1.54, 1.807) is 5.57 Å². The van der Waals surface area contributed by atoms with Gasteiger partial charge in [0.1, 0.15) is 0 Å². The fourth-order valence-electron chi connectivity index (χ4n) is 4.12. The number of allylic oxidation sites excluding steroid dienone is 1. The minimum atomic E-state index is 0.309. The van der Waals surface area contributed by atoms with Gasteiger partial charge in [0.2, 0.25) is 5.91 Å². The topological polar surface area (TPSA) is 23.6 Å². The predicted octanol–water partition coefficient (Wildman–Crippen LogP) is 4.04. The fraction of sp³-hybridized carbons (Fsp3) is 0.591. The third-order valence-electron chi connectivity index (χ3n) is 5.88. The van der Waals surface area contributed by atoms with Gasteiger partial charge >= 0.3 is 0 Å². The van der Waals surface area contributed by atoms with Crippen molar-refractivity contribution in [2.24, 2.45) is 0 Å². The van der Waals surface area contributed by atoms with E-state index in [0.717, 1.165) is 38.8 Å². The summed E-state index contributed by atoms with van der Waals surface area (Å²) < 4.78 is 0. The van der Waals surface area contributed by atoms with Crippen molar-refractivity contribution in [1.29, 1.82) is 0 Å². The van der Waals surface area contributed by atoms with Gasteiger partial charge in [-0.2, -0.15) is 0 Å². The van der Waals surface area contributed by atoms with Crippen molar-refractivity contribution in [1.82, 2.24) is 9.80 Å². The molecule has 3 nitrogen and oxygen atoms in total. The Balaban J connectivity index is 1.60. The second-order valence-electron chi connectivity index (χ2n) is 7.55. The number of likely N-dealkylation sites (tertiary alicyclic amines) is 1. The molecule has 1 fully saturated rings. The van der Waals surface area contributed by atoms with Gasteiger partial charge in [0.05, 0.1) is 0 Å². The second-order valence-corrected chi connectivity index (χ2v) is 7.55. The third-order valence-corrected chi connectivity index (χ3v) is 5.88. The normalized spacial score (nSPS) is 19.8. The van der Waals surface area contributed by atoms with E-state index in [4.69, 9.17) is 0 Å². The number of nitrogens with zero attached hydrogens (tertiary/aromatic N) is 2. The largest absolute Gasteiger partial charge is 0.343 e. The van der Waals surface area contributed by atoms with Gasteiger partial charge in [-0.25, -0.2) is 0 Å². The van der Waals surface area contributed by atoms with Crippen LogP contribution in [0.2, 0.25) is 0 Å². The molecule has 0 N–H and O–H groups in total. The SMILES string of the molecule is CCCC(=O)N(C)C1CCN(C(Cc2ccccc2)C2=CCC2)CC1. The van der Waals surface area contributed by atoms with Crippen molar-refractivity contribution in [3.63, 3.8) is 0 Å². The summed E-state index contributed by atoms with van der Waals surface area (Å²) in [4.78, 5) is 16.8. The molecule has 1 aliphatic heterocycles. The molecule has 0 spiro atoms. The van der Waals surface area contributed by atoms with E-state index in [0.29, 0.717) is 24.4 Å². The first-order chi connectivity index (χ1) is 12.2. The molecule has 1 amide bonds. The molecule has 3 rings (SSSR count). The summed E-state index contributed by atoms with van der Waals surface area (Å²) in [6.07, 6.45) is 9.86. The molecule has 0 saturated carbocycles. The number of piperidine rings is 1. The summed E-state index contributed by atoms with van der Waals surface area (Å²) in [5.74, 6) is 0.309. The Morgan fingerprint density at radius 1 is 1.24 bits per heavy atom. The third kappa shape index (κ3) is 4.52. The highest BCUT2D eigenvalue weighted by Crippen LogP contribution is 2.30. The summed E-state index contributed by atoms with van der Waals surface area (Å²) >= 11 is 0. The number of carbonyl (C=O) groups is 1. The predicted molar refractivity (Wildman–Crippen MR) is 104 cm³/mol. The minimum absolute atomic E-state index is 0.309. The van der Waals surface area contributed by atoms with Crippen LogP contribution in [0.15, 0.2) is 42.0 Å². The molecule has 1 atom stereocenters. The number of carbonyl (C=O) groups excluding carboxylic acids is 1. The van der Waals surface area contributed by atoms with E-state index in [1.165, 1.54) is 18.4 Å². The molecule has 1 aromatic rings. The second kappa shape index (κ2) is 8.66. The lowest BCUT2D eigenvalue weighted by Gasteiger charge is -2.42. The first kappa shape index (κ1) is 18.2. The molecule has 1 saturated heterocycles. The van der Waals surface area contributed by atoms with Gasteiger partial charge in [-0.1, -0.05) is 48.9 Å². The molecule has 0 aromatic heterocycles. The maximum absolute atomic E-state index is 12.2. The highest BCUT2D eigenvalue weighted by atomic mass is 16.2. The summed E-state index contributed by atoms with van der Waals surface area (Å²) in [6.45, 7) is 4.28. The van der Waals surface area contributed by atoms with Gasteiger partial charge in [-0.3, -0.25) is 9.69 Å². The first-order valence-electron chi connectivity index (χ1n) is 9.91. The van der Waals surface area contributed by atoms with Crippen LogP contribution in [-0.2, 0) is 11.2 Å². The first-order valence-corrected chi connectivity index (χ1v) is 9.91. The van der Waals surface area contributed by atoms with E-state index in [2.05, 4.69) is 48.2 Å². The van der Waals surface area contributed by atoms with Crippen LogP contribution in [0, 0.1) is 0 Å². The summed E-state index contributed by atoms with van der Waals surface area (Å²) in [5, 5.41) is 0. The summed E-state index contributed by atoms with van der Waals surface area (Å²) in [7, 11) is 1.99. The van der Waals surface area contributed by atoms with Crippen molar-refractivity contribution < 1.29 is 4.79 Å². The molecule has 0 bridgehead atoms. The molecule has 3 heteroatoms. The average molecular weight is 341 g/mol. The molecule has 136 valence electrons. The zero-order chi connectivity index (χ0) is 17.6.